The van der Waals surface area contributed by atoms with E-state index in [1.54, 1.807) is 23.9 Å². The molecule has 2 bridgehead atoms. The molecule has 0 saturated carbocycles. The van der Waals surface area contributed by atoms with E-state index >= 15 is 0 Å². The normalized spacial score (nSPS) is 23.0. The molecule has 4 heterocycles. The van der Waals surface area contributed by atoms with Gasteiger partial charge in [-0.15, -0.1) is 11.8 Å². The first-order valence-electron chi connectivity index (χ1n) is 12.5. The van der Waals surface area contributed by atoms with Crippen LogP contribution in [0.5, 0.6) is 0 Å². The van der Waals surface area contributed by atoms with Crippen molar-refractivity contribution in [2.24, 2.45) is 5.92 Å². The molecular formula is C29H29ClFN3O2S. The lowest BCUT2D eigenvalue weighted by Crippen LogP contribution is -3.00. The minimum atomic E-state index is -1.51. The van der Waals surface area contributed by atoms with Crippen molar-refractivity contribution < 1.29 is 30.9 Å². The summed E-state index contributed by atoms with van der Waals surface area (Å²) >= 11 is 1.79. The summed E-state index contributed by atoms with van der Waals surface area (Å²) in [5.41, 5.74) is -0.114. The summed E-state index contributed by atoms with van der Waals surface area (Å²) in [4.78, 5) is 5.75. The Morgan fingerprint density at radius 2 is 1.59 bits per heavy atom. The van der Waals surface area contributed by atoms with Crippen molar-refractivity contribution in [2.75, 3.05) is 19.6 Å². The molecule has 1 N–H and O–H groups in total. The first-order chi connectivity index (χ1) is 17.5. The van der Waals surface area contributed by atoms with Gasteiger partial charge in [0.25, 0.3) is 5.89 Å². The van der Waals surface area contributed by atoms with E-state index in [1.165, 1.54) is 6.07 Å². The van der Waals surface area contributed by atoms with E-state index < -0.39 is 5.60 Å². The van der Waals surface area contributed by atoms with Gasteiger partial charge >= 0.3 is 0 Å². The fourth-order valence-corrected chi connectivity index (χ4v) is 7.37. The molecule has 1 atom stereocenters. The highest BCUT2D eigenvalue weighted by Crippen LogP contribution is 2.43. The Labute approximate surface area is 226 Å². The lowest BCUT2D eigenvalue weighted by molar-refractivity contribution is -0.955. The summed E-state index contributed by atoms with van der Waals surface area (Å²) in [6, 6.07) is 25.9. The molecule has 7 rings (SSSR count). The molecule has 0 aliphatic carbocycles. The smallest absolute Gasteiger partial charge is 0.282 e. The zero-order valence-electron chi connectivity index (χ0n) is 20.3. The number of hydrogen-bond donors (Lipinski definition) is 1. The Hall–Kier alpha value is -2.71. The van der Waals surface area contributed by atoms with Gasteiger partial charge in [-0.2, -0.15) is 4.98 Å². The highest BCUT2D eigenvalue weighted by Gasteiger charge is 2.47. The van der Waals surface area contributed by atoms with Gasteiger partial charge in [0.15, 0.2) is 12.1 Å². The molecule has 3 saturated heterocycles. The van der Waals surface area contributed by atoms with E-state index in [0.717, 1.165) is 41.9 Å². The third kappa shape index (κ3) is 5.06. The standard InChI is InChI=1S/C29H29FN3O2S.ClH/c30-24-12-7-13-25(18-24)36-26-19-33(16-14-21(26)15-17-33)20-27-31-28(32-35-27)29(34,22-8-3-1-4-9-22)23-10-5-2-6-11-23;/h1-13,18,21,26,34H,14-17,19-20H2;1H/q+1;/p-1/t21?,26-,33?;/m0./s1. The van der Waals surface area contributed by atoms with Crippen molar-refractivity contribution >= 4 is 11.8 Å². The van der Waals surface area contributed by atoms with Crippen LogP contribution in [0.15, 0.2) is 94.3 Å². The average molecular weight is 538 g/mol. The minimum absolute atomic E-state index is 0. The highest BCUT2D eigenvalue weighted by molar-refractivity contribution is 8.00. The second kappa shape index (κ2) is 10.6. The number of aromatic nitrogens is 2. The number of halogens is 2. The second-order valence-corrected chi connectivity index (χ2v) is 11.3. The number of benzene rings is 3. The average Bonchev–Trinajstić information content (AvgIpc) is 3.38. The number of aliphatic hydroxyl groups is 1. The molecule has 3 aromatic carbocycles. The summed E-state index contributed by atoms with van der Waals surface area (Å²) in [6.07, 6.45) is 2.29. The number of quaternary nitrogens is 1. The number of thioether (sulfide) groups is 1. The van der Waals surface area contributed by atoms with E-state index in [-0.39, 0.29) is 24.0 Å². The van der Waals surface area contributed by atoms with Crippen LogP contribution in [-0.4, -0.2) is 44.6 Å². The van der Waals surface area contributed by atoms with Gasteiger partial charge in [0.1, 0.15) is 5.82 Å². The van der Waals surface area contributed by atoms with Crippen LogP contribution in [0.1, 0.15) is 35.7 Å². The molecule has 4 aromatic rings. The van der Waals surface area contributed by atoms with E-state index in [4.69, 9.17) is 9.51 Å². The van der Waals surface area contributed by atoms with Gasteiger partial charge in [-0.1, -0.05) is 71.9 Å². The topological polar surface area (TPSA) is 59.2 Å². The molecule has 3 aliphatic rings. The summed E-state index contributed by atoms with van der Waals surface area (Å²) in [6.45, 7) is 3.78. The van der Waals surface area contributed by atoms with Gasteiger partial charge in [0.2, 0.25) is 5.82 Å². The van der Waals surface area contributed by atoms with Gasteiger partial charge < -0.3 is 26.5 Å². The number of piperidine rings is 3. The van der Waals surface area contributed by atoms with Crippen molar-refractivity contribution in [1.29, 1.82) is 0 Å². The summed E-state index contributed by atoms with van der Waals surface area (Å²) < 4.78 is 20.4. The lowest BCUT2D eigenvalue weighted by atomic mass is 9.85. The van der Waals surface area contributed by atoms with E-state index in [2.05, 4.69) is 5.16 Å². The quantitative estimate of drug-likeness (QED) is 0.367. The second-order valence-electron chi connectivity index (χ2n) is 10.0. The van der Waals surface area contributed by atoms with Gasteiger partial charge in [0, 0.05) is 17.7 Å². The van der Waals surface area contributed by atoms with Gasteiger partial charge in [-0.05, 0) is 35.2 Å². The Morgan fingerprint density at radius 1 is 0.946 bits per heavy atom. The molecule has 3 aliphatic heterocycles. The van der Waals surface area contributed by atoms with Crippen molar-refractivity contribution in [3.63, 3.8) is 0 Å². The Balaban J connectivity index is 0.00000280. The summed E-state index contributed by atoms with van der Waals surface area (Å²) in [7, 11) is 0. The fraction of sp³-hybridized carbons (Fsp3) is 0.310. The Bertz CT molecular complexity index is 1290. The van der Waals surface area contributed by atoms with Crippen LogP contribution in [-0.2, 0) is 12.1 Å². The van der Waals surface area contributed by atoms with Crippen LogP contribution >= 0.6 is 11.8 Å². The van der Waals surface area contributed by atoms with Gasteiger partial charge in [-0.3, -0.25) is 0 Å². The van der Waals surface area contributed by atoms with Crippen molar-refractivity contribution in [3.8, 4) is 0 Å². The van der Waals surface area contributed by atoms with Crippen LogP contribution in [0, 0.1) is 11.7 Å². The molecule has 5 nitrogen and oxygen atoms in total. The number of nitrogens with zero attached hydrogens (tertiary/aromatic N) is 3. The molecule has 0 spiro atoms. The van der Waals surface area contributed by atoms with E-state index in [1.807, 2.05) is 66.7 Å². The summed E-state index contributed by atoms with van der Waals surface area (Å²) in [5, 5.41) is 16.7. The van der Waals surface area contributed by atoms with Crippen molar-refractivity contribution in [2.45, 2.75) is 35.1 Å². The third-order valence-electron chi connectivity index (χ3n) is 7.77. The maximum Gasteiger partial charge on any atom is 0.282 e. The number of fused-ring (bicyclic) bond motifs is 3. The van der Waals surface area contributed by atoms with Crippen LogP contribution in [0.4, 0.5) is 4.39 Å². The largest absolute Gasteiger partial charge is 1.00 e. The molecule has 0 amide bonds. The molecule has 1 aromatic heterocycles. The maximum absolute atomic E-state index is 13.8. The van der Waals surface area contributed by atoms with E-state index in [0.29, 0.717) is 34.7 Å². The first kappa shape index (κ1) is 25.9. The Morgan fingerprint density at radius 3 is 2.22 bits per heavy atom. The molecule has 37 heavy (non-hydrogen) atoms. The van der Waals surface area contributed by atoms with Crippen LogP contribution in [0.2, 0.25) is 0 Å². The fourth-order valence-electron chi connectivity index (χ4n) is 5.83. The van der Waals surface area contributed by atoms with Crippen LogP contribution < -0.4 is 12.4 Å². The zero-order valence-corrected chi connectivity index (χ0v) is 21.9. The SMILES string of the molecule is OC(c1ccccc1)(c1ccccc1)c1noc(C[N+]23CCC(CC2)[C@@H](Sc2cccc(F)c2)C3)n1.[Cl-]. The van der Waals surface area contributed by atoms with Crippen LogP contribution in [0.25, 0.3) is 0 Å². The molecule has 192 valence electrons. The number of rotatable bonds is 7. The monoisotopic (exact) mass is 537 g/mol. The predicted molar refractivity (Wildman–Crippen MR) is 137 cm³/mol. The van der Waals surface area contributed by atoms with E-state index in [9.17, 15) is 9.50 Å². The maximum atomic E-state index is 13.8. The third-order valence-corrected chi connectivity index (χ3v) is 9.13. The van der Waals surface area contributed by atoms with Crippen LogP contribution in [0.3, 0.4) is 0 Å². The zero-order chi connectivity index (χ0) is 24.6. The molecule has 3 fully saturated rings. The lowest BCUT2D eigenvalue weighted by Gasteiger charge is -2.51. The van der Waals surface area contributed by atoms with Gasteiger partial charge in [0.05, 0.1) is 24.9 Å². The molecular weight excluding hydrogens is 509 g/mol. The van der Waals surface area contributed by atoms with Gasteiger partial charge in [-0.25, -0.2) is 4.39 Å². The minimum Gasteiger partial charge on any atom is -1.00 e. The number of hydrogen-bond acceptors (Lipinski definition) is 5. The predicted octanol–water partition coefficient (Wildman–Crippen LogP) is 2.40. The van der Waals surface area contributed by atoms with Crippen molar-refractivity contribution in [3.05, 3.63) is 114 Å². The first-order valence-corrected chi connectivity index (χ1v) is 13.4. The Kier molecular flexibility index (Phi) is 7.41. The highest BCUT2D eigenvalue weighted by atomic mass is 35.5. The summed E-state index contributed by atoms with van der Waals surface area (Å²) in [5.74, 6) is 1.27. The van der Waals surface area contributed by atoms with Crippen molar-refractivity contribution in [1.82, 2.24) is 10.1 Å². The molecule has 8 heteroatoms. The molecule has 0 radical (unpaired) electrons. The molecule has 0 unspecified atom stereocenters.